The Morgan fingerprint density at radius 2 is 1.67 bits per heavy atom. The summed E-state index contributed by atoms with van der Waals surface area (Å²) in [6.07, 6.45) is 5.11. The van der Waals surface area contributed by atoms with E-state index in [2.05, 4.69) is 33.5 Å². The first-order valence-corrected chi connectivity index (χ1v) is 9.37. The molecule has 0 aromatic heterocycles. The Kier molecular flexibility index (Phi) is 4.26. The summed E-state index contributed by atoms with van der Waals surface area (Å²) < 4.78 is 11.8. The molecule has 0 aliphatic heterocycles. The van der Waals surface area contributed by atoms with E-state index in [-0.39, 0.29) is 6.10 Å². The minimum absolute atomic E-state index is 0.212. The fourth-order valence-electron chi connectivity index (χ4n) is 1.68. The highest BCUT2D eigenvalue weighted by Crippen LogP contribution is 2.30. The van der Waals surface area contributed by atoms with Gasteiger partial charge in [-0.3, -0.25) is 0 Å². The van der Waals surface area contributed by atoms with Gasteiger partial charge in [-0.05, 0) is 59.2 Å². The van der Waals surface area contributed by atoms with Crippen molar-refractivity contribution in [2.75, 3.05) is 0 Å². The lowest BCUT2D eigenvalue weighted by molar-refractivity contribution is 0.0557. The van der Waals surface area contributed by atoms with Gasteiger partial charge in [0.05, 0.1) is 6.10 Å². The van der Waals surface area contributed by atoms with Crippen molar-refractivity contribution < 1.29 is 9.16 Å². The lowest BCUT2D eigenvalue weighted by Gasteiger charge is -2.25. The molecule has 1 fully saturated rings. The molecule has 0 heterocycles. The van der Waals surface area contributed by atoms with Crippen LogP contribution in [0.15, 0.2) is 11.5 Å². The summed E-state index contributed by atoms with van der Waals surface area (Å²) in [7, 11) is -1.54. The standard InChI is InChI=1S/C12H24O2Si/c1-10(2)13-12(14-15(3,4)5)11-8-6-7-9-11/h10H,6-9H2,1-5H3. The Morgan fingerprint density at radius 3 is 2.07 bits per heavy atom. The predicted molar refractivity (Wildman–Crippen MR) is 66.1 cm³/mol. The maximum atomic E-state index is 6.03. The van der Waals surface area contributed by atoms with Gasteiger partial charge in [0.25, 0.3) is 5.95 Å². The van der Waals surface area contributed by atoms with Gasteiger partial charge in [-0.25, -0.2) is 0 Å². The van der Waals surface area contributed by atoms with Crippen molar-refractivity contribution in [3.63, 3.8) is 0 Å². The molecule has 0 aromatic rings. The van der Waals surface area contributed by atoms with Crippen LogP contribution in [0.3, 0.4) is 0 Å². The maximum Gasteiger partial charge on any atom is 0.264 e. The molecule has 0 aromatic carbocycles. The monoisotopic (exact) mass is 228 g/mol. The molecule has 2 nitrogen and oxygen atoms in total. The Bertz CT molecular complexity index is 230. The van der Waals surface area contributed by atoms with Crippen LogP contribution in [0.4, 0.5) is 0 Å². The van der Waals surface area contributed by atoms with Crippen LogP contribution < -0.4 is 0 Å². The minimum Gasteiger partial charge on any atom is -0.520 e. The molecule has 0 amide bonds. The molecule has 88 valence electrons. The first-order chi connectivity index (χ1) is 6.88. The highest BCUT2D eigenvalue weighted by molar-refractivity contribution is 6.70. The molecule has 0 atom stereocenters. The Labute approximate surface area is 94.8 Å². The average Bonchev–Trinajstić information content (AvgIpc) is 2.50. The van der Waals surface area contributed by atoms with E-state index in [0.717, 1.165) is 18.8 Å². The Hall–Kier alpha value is -0.443. The zero-order chi connectivity index (χ0) is 11.5. The molecule has 0 N–H and O–H groups in total. The molecular formula is C12H24O2Si. The van der Waals surface area contributed by atoms with Crippen LogP contribution >= 0.6 is 0 Å². The summed E-state index contributed by atoms with van der Waals surface area (Å²) in [6, 6.07) is 0. The van der Waals surface area contributed by atoms with Crippen LogP contribution in [-0.4, -0.2) is 14.4 Å². The molecule has 0 spiro atoms. The second kappa shape index (κ2) is 5.06. The number of ether oxygens (including phenoxy) is 1. The van der Waals surface area contributed by atoms with E-state index in [4.69, 9.17) is 9.16 Å². The highest BCUT2D eigenvalue weighted by Gasteiger charge is 2.23. The van der Waals surface area contributed by atoms with Crippen molar-refractivity contribution in [2.45, 2.75) is 65.3 Å². The van der Waals surface area contributed by atoms with Gasteiger partial charge in [0, 0.05) is 5.57 Å². The van der Waals surface area contributed by atoms with E-state index in [9.17, 15) is 0 Å². The molecule has 15 heavy (non-hydrogen) atoms. The molecule has 0 bridgehead atoms. The number of allylic oxidation sites excluding steroid dienone is 1. The van der Waals surface area contributed by atoms with Crippen molar-refractivity contribution >= 4 is 8.32 Å². The van der Waals surface area contributed by atoms with Gasteiger partial charge in [-0.2, -0.15) is 0 Å². The summed E-state index contributed by atoms with van der Waals surface area (Å²) in [4.78, 5) is 0. The lowest BCUT2D eigenvalue weighted by atomic mass is 10.2. The summed E-state index contributed by atoms with van der Waals surface area (Å²) in [5.74, 6) is 0.849. The van der Waals surface area contributed by atoms with Gasteiger partial charge >= 0.3 is 0 Å². The van der Waals surface area contributed by atoms with Crippen molar-refractivity contribution in [1.82, 2.24) is 0 Å². The largest absolute Gasteiger partial charge is 0.520 e. The van der Waals surface area contributed by atoms with E-state index < -0.39 is 8.32 Å². The molecular weight excluding hydrogens is 204 g/mol. The second-order valence-electron chi connectivity index (χ2n) is 5.48. The van der Waals surface area contributed by atoms with E-state index in [1.807, 2.05) is 0 Å². The van der Waals surface area contributed by atoms with Crippen molar-refractivity contribution in [1.29, 1.82) is 0 Å². The lowest BCUT2D eigenvalue weighted by Crippen LogP contribution is -2.27. The van der Waals surface area contributed by atoms with Crippen LogP contribution in [-0.2, 0) is 9.16 Å². The molecule has 1 aliphatic rings. The molecule has 3 heteroatoms. The molecule has 0 unspecified atom stereocenters. The van der Waals surface area contributed by atoms with Crippen LogP contribution in [0.1, 0.15) is 39.5 Å². The third-order valence-electron chi connectivity index (χ3n) is 2.24. The van der Waals surface area contributed by atoms with Gasteiger partial charge in [0.15, 0.2) is 0 Å². The van der Waals surface area contributed by atoms with Gasteiger partial charge < -0.3 is 9.16 Å². The van der Waals surface area contributed by atoms with Crippen LogP contribution in [0.5, 0.6) is 0 Å². The third-order valence-corrected chi connectivity index (χ3v) is 3.04. The Balaban J connectivity index is 2.73. The third kappa shape index (κ3) is 4.73. The number of hydrogen-bond donors (Lipinski definition) is 0. The number of rotatable bonds is 4. The highest BCUT2D eigenvalue weighted by atomic mass is 28.4. The average molecular weight is 228 g/mol. The van der Waals surface area contributed by atoms with Gasteiger partial charge in [0.1, 0.15) is 0 Å². The number of hydrogen-bond acceptors (Lipinski definition) is 2. The van der Waals surface area contributed by atoms with E-state index in [1.54, 1.807) is 0 Å². The fraction of sp³-hybridized carbons (Fsp3) is 0.833. The SMILES string of the molecule is CC(C)OC(O[Si](C)(C)C)=C1CCCC1. The molecule has 1 rings (SSSR count). The second-order valence-corrected chi connectivity index (χ2v) is 9.91. The smallest absolute Gasteiger partial charge is 0.264 e. The minimum atomic E-state index is -1.54. The molecule has 1 aliphatic carbocycles. The van der Waals surface area contributed by atoms with Crippen molar-refractivity contribution in [2.24, 2.45) is 0 Å². The summed E-state index contributed by atoms with van der Waals surface area (Å²) in [6.45, 7) is 10.7. The van der Waals surface area contributed by atoms with Gasteiger partial charge in [-0.15, -0.1) is 0 Å². The van der Waals surface area contributed by atoms with E-state index >= 15 is 0 Å². The van der Waals surface area contributed by atoms with Crippen molar-refractivity contribution in [3.8, 4) is 0 Å². The van der Waals surface area contributed by atoms with Crippen LogP contribution in [0.25, 0.3) is 0 Å². The molecule has 0 saturated heterocycles. The fourth-order valence-corrected chi connectivity index (χ4v) is 2.43. The summed E-state index contributed by atoms with van der Waals surface area (Å²) in [5.41, 5.74) is 1.39. The van der Waals surface area contributed by atoms with Crippen LogP contribution in [0, 0.1) is 0 Å². The van der Waals surface area contributed by atoms with Gasteiger partial charge in [0.2, 0.25) is 8.32 Å². The quantitative estimate of drug-likeness (QED) is 0.534. The van der Waals surface area contributed by atoms with E-state index in [1.165, 1.54) is 18.4 Å². The van der Waals surface area contributed by atoms with Gasteiger partial charge in [-0.1, -0.05) is 0 Å². The van der Waals surface area contributed by atoms with Crippen LogP contribution in [0.2, 0.25) is 19.6 Å². The van der Waals surface area contributed by atoms with E-state index in [0.29, 0.717) is 0 Å². The van der Waals surface area contributed by atoms with Crippen molar-refractivity contribution in [3.05, 3.63) is 11.5 Å². The zero-order valence-electron chi connectivity index (χ0n) is 10.7. The summed E-state index contributed by atoms with van der Waals surface area (Å²) >= 11 is 0. The first kappa shape index (κ1) is 12.6. The zero-order valence-corrected chi connectivity index (χ0v) is 11.7. The Morgan fingerprint density at radius 1 is 1.13 bits per heavy atom. The predicted octanol–water partition coefficient (Wildman–Crippen LogP) is 4.05. The first-order valence-electron chi connectivity index (χ1n) is 5.96. The summed E-state index contributed by atoms with van der Waals surface area (Å²) in [5, 5.41) is 0. The normalized spacial score (nSPS) is 17.1. The maximum absolute atomic E-state index is 6.03. The molecule has 0 radical (unpaired) electrons. The topological polar surface area (TPSA) is 18.5 Å². The molecule has 1 saturated carbocycles.